The van der Waals surface area contributed by atoms with Gasteiger partial charge in [-0.2, -0.15) is 0 Å². The molecule has 4 rings (SSSR count). The second-order valence-corrected chi connectivity index (χ2v) is 8.48. The summed E-state index contributed by atoms with van der Waals surface area (Å²) in [7, 11) is 0. The smallest absolute Gasteiger partial charge is 0.319 e. The maximum atomic E-state index is 13.5. The third-order valence-corrected chi connectivity index (χ3v) is 6.58. The van der Waals surface area contributed by atoms with Gasteiger partial charge in [-0.05, 0) is 49.1 Å². The summed E-state index contributed by atoms with van der Waals surface area (Å²) < 4.78 is 13.4. The summed E-state index contributed by atoms with van der Waals surface area (Å²) >= 11 is 0. The fourth-order valence-electron chi connectivity index (χ4n) is 4.84. The highest BCUT2D eigenvalue weighted by Gasteiger charge is 2.52. The number of imide groups is 1. The molecule has 2 aromatic rings. The molecule has 1 heterocycles. The molecule has 1 saturated carbocycles. The lowest BCUT2D eigenvalue weighted by Crippen LogP contribution is -2.49. The van der Waals surface area contributed by atoms with Crippen molar-refractivity contribution in [3.63, 3.8) is 0 Å². The highest BCUT2D eigenvalue weighted by molar-refractivity contribution is 6.10. The third-order valence-electron chi connectivity index (χ3n) is 6.58. The Morgan fingerprint density at radius 3 is 2.34 bits per heavy atom. The Balaban J connectivity index is 1.60. The summed E-state index contributed by atoms with van der Waals surface area (Å²) in [6.45, 7) is 1.45. The molecular formula is C25H28FN3O3. The molecule has 1 aliphatic carbocycles. The van der Waals surface area contributed by atoms with Crippen molar-refractivity contribution >= 4 is 23.5 Å². The largest absolute Gasteiger partial charge is 0.325 e. The van der Waals surface area contributed by atoms with E-state index in [-0.39, 0.29) is 18.5 Å². The Kier molecular flexibility index (Phi) is 6.26. The number of carbonyl (C=O) groups excluding carboxylic acids is 3. The van der Waals surface area contributed by atoms with Gasteiger partial charge in [-0.25, -0.2) is 9.18 Å². The van der Waals surface area contributed by atoms with E-state index in [1.54, 1.807) is 11.8 Å². The lowest BCUT2D eigenvalue weighted by atomic mass is 9.87. The molecule has 32 heavy (non-hydrogen) atoms. The zero-order chi connectivity index (χ0) is 22.7. The van der Waals surface area contributed by atoms with Crippen LogP contribution in [0.5, 0.6) is 0 Å². The molecular weight excluding hydrogens is 409 g/mol. The Morgan fingerprint density at radius 2 is 1.72 bits per heavy atom. The number of benzene rings is 2. The summed E-state index contributed by atoms with van der Waals surface area (Å²) in [5, 5.41) is 2.76. The standard InChI is InChI=1S/C25H28FN3O3/c1-2-25(18-13-15-19(26)16-14-18)23(31)28(24(32)27-25)17-22(30)29(20-9-5-3-6-10-20)21-11-7-4-8-12-21/h3,5-6,9-10,13-16,21H,2,4,7-8,11-12,17H2,1H3,(H,27,32). The van der Waals surface area contributed by atoms with E-state index in [4.69, 9.17) is 0 Å². The average Bonchev–Trinajstić information content (AvgIpc) is 3.06. The van der Waals surface area contributed by atoms with Gasteiger partial charge in [0.05, 0.1) is 0 Å². The van der Waals surface area contributed by atoms with Crippen molar-refractivity contribution in [3.05, 3.63) is 66.0 Å². The average molecular weight is 438 g/mol. The van der Waals surface area contributed by atoms with Crippen LogP contribution in [0.4, 0.5) is 14.9 Å². The number of nitrogens with one attached hydrogen (secondary N) is 1. The molecule has 1 atom stereocenters. The second kappa shape index (κ2) is 9.10. The van der Waals surface area contributed by atoms with Crippen LogP contribution in [0.1, 0.15) is 51.0 Å². The van der Waals surface area contributed by atoms with E-state index >= 15 is 0 Å². The number of amides is 4. The third kappa shape index (κ3) is 3.99. The van der Waals surface area contributed by atoms with E-state index in [2.05, 4.69) is 5.32 Å². The summed E-state index contributed by atoms with van der Waals surface area (Å²) in [5.41, 5.74) is -0.0216. The Hall–Kier alpha value is -3.22. The van der Waals surface area contributed by atoms with Crippen LogP contribution in [0.25, 0.3) is 0 Å². The van der Waals surface area contributed by atoms with Gasteiger partial charge < -0.3 is 10.2 Å². The minimum atomic E-state index is -1.30. The van der Waals surface area contributed by atoms with Crippen LogP contribution in [0.2, 0.25) is 0 Å². The minimum absolute atomic E-state index is 0.0486. The van der Waals surface area contributed by atoms with E-state index in [9.17, 15) is 18.8 Å². The molecule has 0 aromatic heterocycles. The molecule has 168 valence electrons. The first-order valence-corrected chi connectivity index (χ1v) is 11.2. The van der Waals surface area contributed by atoms with Gasteiger partial charge in [0.15, 0.2) is 0 Å². The van der Waals surface area contributed by atoms with Gasteiger partial charge in [0.2, 0.25) is 5.91 Å². The van der Waals surface area contributed by atoms with Crippen molar-refractivity contribution in [3.8, 4) is 0 Å². The van der Waals surface area contributed by atoms with Crippen molar-refractivity contribution in [2.75, 3.05) is 11.4 Å². The van der Waals surface area contributed by atoms with Gasteiger partial charge >= 0.3 is 6.03 Å². The van der Waals surface area contributed by atoms with Gasteiger partial charge in [0.1, 0.15) is 17.9 Å². The first-order valence-electron chi connectivity index (χ1n) is 11.2. The van der Waals surface area contributed by atoms with Crippen molar-refractivity contribution in [1.29, 1.82) is 0 Å². The van der Waals surface area contributed by atoms with Crippen LogP contribution in [-0.4, -0.2) is 35.3 Å². The molecule has 0 spiro atoms. The van der Waals surface area contributed by atoms with Crippen LogP contribution >= 0.6 is 0 Å². The molecule has 0 bridgehead atoms. The van der Waals surface area contributed by atoms with Crippen molar-refractivity contribution in [1.82, 2.24) is 10.2 Å². The molecule has 1 saturated heterocycles. The van der Waals surface area contributed by atoms with E-state index in [0.29, 0.717) is 12.0 Å². The fourth-order valence-corrected chi connectivity index (χ4v) is 4.84. The zero-order valence-corrected chi connectivity index (χ0v) is 18.2. The lowest BCUT2D eigenvalue weighted by molar-refractivity contribution is -0.134. The molecule has 2 aromatic carbocycles. The quantitative estimate of drug-likeness (QED) is 0.683. The van der Waals surface area contributed by atoms with Crippen LogP contribution in [0, 0.1) is 5.82 Å². The monoisotopic (exact) mass is 437 g/mol. The maximum absolute atomic E-state index is 13.5. The Labute approximate surface area is 187 Å². The van der Waals surface area contributed by atoms with Crippen LogP contribution in [-0.2, 0) is 15.1 Å². The predicted molar refractivity (Wildman–Crippen MR) is 119 cm³/mol. The van der Waals surface area contributed by atoms with Gasteiger partial charge in [-0.15, -0.1) is 0 Å². The summed E-state index contributed by atoms with van der Waals surface area (Å²) in [5.74, 6) is -1.19. The van der Waals surface area contributed by atoms with Gasteiger partial charge in [0.25, 0.3) is 5.91 Å². The zero-order valence-electron chi connectivity index (χ0n) is 18.2. The number of rotatable bonds is 6. The van der Waals surface area contributed by atoms with E-state index in [0.717, 1.165) is 42.7 Å². The summed E-state index contributed by atoms with van der Waals surface area (Å²) in [4.78, 5) is 42.4. The normalized spacial score (nSPS) is 21.5. The number of hydrogen-bond donors (Lipinski definition) is 1. The first kappa shape index (κ1) is 22.0. The van der Waals surface area contributed by atoms with Crippen LogP contribution < -0.4 is 10.2 Å². The van der Waals surface area contributed by atoms with Crippen molar-refractivity contribution in [2.24, 2.45) is 0 Å². The first-order chi connectivity index (χ1) is 15.5. The van der Waals surface area contributed by atoms with Gasteiger partial charge in [-0.1, -0.05) is 56.5 Å². The number of nitrogens with zero attached hydrogens (tertiary/aromatic N) is 2. The van der Waals surface area contributed by atoms with Crippen LogP contribution in [0.15, 0.2) is 54.6 Å². The lowest BCUT2D eigenvalue weighted by Gasteiger charge is -2.35. The maximum Gasteiger partial charge on any atom is 0.325 e. The molecule has 7 heteroatoms. The summed E-state index contributed by atoms with van der Waals surface area (Å²) in [6, 6.07) is 14.4. The highest BCUT2D eigenvalue weighted by Crippen LogP contribution is 2.33. The van der Waals surface area contributed by atoms with Gasteiger partial charge in [-0.3, -0.25) is 14.5 Å². The summed E-state index contributed by atoms with van der Waals surface area (Å²) in [6.07, 6.45) is 5.34. The second-order valence-electron chi connectivity index (χ2n) is 8.48. The predicted octanol–water partition coefficient (Wildman–Crippen LogP) is 4.35. The molecule has 2 aliphatic rings. The highest BCUT2D eigenvalue weighted by atomic mass is 19.1. The van der Waals surface area contributed by atoms with Gasteiger partial charge in [0, 0.05) is 11.7 Å². The van der Waals surface area contributed by atoms with Crippen molar-refractivity contribution in [2.45, 2.75) is 57.0 Å². The molecule has 0 radical (unpaired) electrons. The minimum Gasteiger partial charge on any atom is -0.319 e. The van der Waals surface area contributed by atoms with E-state index in [1.165, 1.54) is 24.3 Å². The molecule has 4 amide bonds. The van der Waals surface area contributed by atoms with Crippen LogP contribution in [0.3, 0.4) is 0 Å². The number of anilines is 1. The molecule has 1 unspecified atom stereocenters. The SMILES string of the molecule is CCC1(c2ccc(F)cc2)NC(=O)N(CC(=O)N(c2ccccc2)C2CCCCC2)C1=O. The topological polar surface area (TPSA) is 69.7 Å². The molecule has 6 nitrogen and oxygen atoms in total. The Bertz CT molecular complexity index is 989. The van der Waals surface area contributed by atoms with Crippen molar-refractivity contribution < 1.29 is 18.8 Å². The van der Waals surface area contributed by atoms with E-state index < -0.39 is 23.3 Å². The number of hydrogen-bond acceptors (Lipinski definition) is 3. The molecule has 2 fully saturated rings. The Morgan fingerprint density at radius 1 is 1.06 bits per heavy atom. The molecule has 1 aliphatic heterocycles. The number of para-hydroxylation sites is 1. The molecule has 1 N–H and O–H groups in total. The number of carbonyl (C=O) groups is 3. The number of halogens is 1. The number of urea groups is 1. The van der Waals surface area contributed by atoms with E-state index in [1.807, 2.05) is 30.3 Å². The fraction of sp³-hybridized carbons (Fsp3) is 0.400.